The van der Waals surface area contributed by atoms with E-state index in [-0.39, 0.29) is 17.9 Å². The van der Waals surface area contributed by atoms with Crippen molar-refractivity contribution in [3.63, 3.8) is 0 Å². The Morgan fingerprint density at radius 2 is 1.64 bits per heavy atom. The lowest BCUT2D eigenvalue weighted by molar-refractivity contribution is -0.137. The molecular formula is C17H17F3O2. The van der Waals surface area contributed by atoms with Gasteiger partial charge in [-0.1, -0.05) is 30.3 Å². The van der Waals surface area contributed by atoms with Crippen LogP contribution in [0.2, 0.25) is 0 Å². The molecule has 2 nitrogen and oxygen atoms in total. The molecule has 0 saturated heterocycles. The second-order valence-electron chi connectivity index (χ2n) is 5.54. The molecule has 0 aromatic heterocycles. The number of hydrogen-bond donors (Lipinski definition) is 1. The van der Waals surface area contributed by atoms with Crippen molar-refractivity contribution in [2.75, 3.05) is 0 Å². The van der Waals surface area contributed by atoms with Crippen molar-refractivity contribution in [2.24, 2.45) is 0 Å². The molecule has 0 radical (unpaired) electrons. The van der Waals surface area contributed by atoms with E-state index in [0.717, 1.165) is 17.7 Å². The molecule has 0 fully saturated rings. The van der Waals surface area contributed by atoms with Crippen LogP contribution in [0.4, 0.5) is 13.2 Å². The summed E-state index contributed by atoms with van der Waals surface area (Å²) in [6.07, 6.45) is -4.46. The summed E-state index contributed by atoms with van der Waals surface area (Å²) in [4.78, 5) is 0. The molecule has 0 bridgehead atoms. The zero-order valence-electron chi connectivity index (χ0n) is 12.3. The highest BCUT2D eigenvalue weighted by molar-refractivity contribution is 5.41. The normalized spacial score (nSPS) is 12.3. The first kappa shape index (κ1) is 16.4. The molecule has 118 valence electrons. The average Bonchev–Trinajstić information content (AvgIpc) is 2.44. The molecule has 1 N–H and O–H groups in total. The van der Waals surface area contributed by atoms with Gasteiger partial charge in [-0.15, -0.1) is 0 Å². The van der Waals surface area contributed by atoms with Crippen molar-refractivity contribution in [2.45, 2.75) is 32.2 Å². The second-order valence-corrected chi connectivity index (χ2v) is 5.54. The van der Waals surface area contributed by atoms with Gasteiger partial charge in [0.15, 0.2) is 0 Å². The lowest BCUT2D eigenvalue weighted by atomic mass is 9.95. The number of benzene rings is 2. The maximum absolute atomic E-state index is 12.8. The molecule has 0 amide bonds. The lowest BCUT2D eigenvalue weighted by Gasteiger charge is -2.23. The van der Waals surface area contributed by atoms with Gasteiger partial charge in [0.1, 0.15) is 12.4 Å². The van der Waals surface area contributed by atoms with Crippen molar-refractivity contribution in [1.82, 2.24) is 0 Å². The standard InChI is InChI=1S/C17H17F3O2/c1-16(2,21)14-10-13(17(18,19)20)8-9-15(14)22-11-12-6-4-3-5-7-12/h3-10,21H,11H2,1-2H3. The quantitative estimate of drug-likeness (QED) is 0.900. The van der Waals surface area contributed by atoms with Crippen LogP contribution in [0.3, 0.4) is 0 Å². The molecule has 0 spiro atoms. The van der Waals surface area contributed by atoms with Crippen LogP contribution in [0, 0.1) is 0 Å². The predicted octanol–water partition coefficient (Wildman–Crippen LogP) is 4.51. The van der Waals surface area contributed by atoms with Crippen LogP contribution in [0.5, 0.6) is 5.75 Å². The zero-order valence-corrected chi connectivity index (χ0v) is 12.3. The number of ether oxygens (including phenoxy) is 1. The summed E-state index contributed by atoms with van der Waals surface area (Å²) in [7, 11) is 0. The first-order valence-electron chi connectivity index (χ1n) is 6.79. The Kier molecular flexibility index (Phi) is 4.47. The topological polar surface area (TPSA) is 29.5 Å². The van der Waals surface area contributed by atoms with Crippen molar-refractivity contribution in [3.8, 4) is 5.75 Å². The third-order valence-corrected chi connectivity index (χ3v) is 3.20. The Bertz CT molecular complexity index is 629. The Balaban J connectivity index is 2.30. The number of hydrogen-bond acceptors (Lipinski definition) is 2. The van der Waals surface area contributed by atoms with Crippen LogP contribution in [0.25, 0.3) is 0 Å². The summed E-state index contributed by atoms with van der Waals surface area (Å²) in [6.45, 7) is 3.07. The number of rotatable bonds is 4. The molecule has 0 saturated carbocycles. The van der Waals surface area contributed by atoms with Gasteiger partial charge in [0.25, 0.3) is 0 Å². The monoisotopic (exact) mass is 310 g/mol. The Morgan fingerprint density at radius 1 is 1.00 bits per heavy atom. The Labute approximate surface area is 127 Å². The Hall–Kier alpha value is -2.01. The number of halogens is 3. The molecule has 0 aliphatic carbocycles. The molecule has 2 rings (SSSR count). The van der Waals surface area contributed by atoms with Crippen LogP contribution < -0.4 is 4.74 Å². The van der Waals surface area contributed by atoms with E-state index in [9.17, 15) is 18.3 Å². The summed E-state index contributed by atoms with van der Waals surface area (Å²) in [5.74, 6) is 0.240. The molecular weight excluding hydrogens is 293 g/mol. The van der Waals surface area contributed by atoms with Gasteiger partial charge >= 0.3 is 6.18 Å². The smallest absolute Gasteiger partial charge is 0.416 e. The lowest BCUT2D eigenvalue weighted by Crippen LogP contribution is -2.19. The van der Waals surface area contributed by atoms with Gasteiger partial charge < -0.3 is 9.84 Å². The van der Waals surface area contributed by atoms with Gasteiger partial charge in [-0.2, -0.15) is 13.2 Å². The van der Waals surface area contributed by atoms with Crippen LogP contribution in [0.15, 0.2) is 48.5 Å². The van der Waals surface area contributed by atoms with Gasteiger partial charge in [-0.05, 0) is 37.6 Å². The van der Waals surface area contributed by atoms with Crippen LogP contribution in [-0.2, 0) is 18.4 Å². The van der Waals surface area contributed by atoms with Gasteiger partial charge in [0, 0.05) is 5.56 Å². The van der Waals surface area contributed by atoms with E-state index in [2.05, 4.69) is 0 Å². The molecule has 0 aliphatic heterocycles. The molecule has 0 atom stereocenters. The molecule has 2 aromatic rings. The third-order valence-electron chi connectivity index (χ3n) is 3.20. The first-order valence-corrected chi connectivity index (χ1v) is 6.79. The highest BCUT2D eigenvalue weighted by Crippen LogP contribution is 2.37. The number of alkyl halides is 3. The zero-order chi connectivity index (χ0) is 16.4. The van der Waals surface area contributed by atoms with E-state index in [4.69, 9.17) is 4.74 Å². The molecule has 0 aliphatic rings. The van der Waals surface area contributed by atoms with Crippen molar-refractivity contribution in [1.29, 1.82) is 0 Å². The summed E-state index contributed by atoms with van der Waals surface area (Å²) in [5, 5.41) is 10.1. The van der Waals surface area contributed by atoms with E-state index in [1.54, 1.807) is 0 Å². The van der Waals surface area contributed by atoms with Gasteiger partial charge in [0.2, 0.25) is 0 Å². The third kappa shape index (κ3) is 4.01. The predicted molar refractivity (Wildman–Crippen MR) is 77.5 cm³/mol. The molecule has 0 unspecified atom stereocenters. The molecule has 5 heteroatoms. The van der Waals surface area contributed by atoms with E-state index in [0.29, 0.717) is 0 Å². The fraction of sp³-hybridized carbons (Fsp3) is 0.294. The second kappa shape index (κ2) is 6.01. The largest absolute Gasteiger partial charge is 0.489 e. The molecule has 0 heterocycles. The van der Waals surface area contributed by atoms with Gasteiger partial charge in [0.05, 0.1) is 11.2 Å². The molecule has 2 aromatic carbocycles. The van der Waals surface area contributed by atoms with E-state index in [1.165, 1.54) is 19.9 Å². The van der Waals surface area contributed by atoms with Crippen molar-refractivity contribution < 1.29 is 23.0 Å². The van der Waals surface area contributed by atoms with E-state index in [1.807, 2.05) is 30.3 Å². The minimum Gasteiger partial charge on any atom is -0.489 e. The van der Waals surface area contributed by atoms with E-state index < -0.39 is 17.3 Å². The summed E-state index contributed by atoms with van der Waals surface area (Å²) in [5.41, 5.74) is -1.24. The maximum Gasteiger partial charge on any atom is 0.416 e. The number of aliphatic hydroxyl groups is 1. The van der Waals surface area contributed by atoms with Gasteiger partial charge in [-0.25, -0.2) is 0 Å². The van der Waals surface area contributed by atoms with Crippen LogP contribution in [0.1, 0.15) is 30.5 Å². The van der Waals surface area contributed by atoms with Crippen LogP contribution >= 0.6 is 0 Å². The minimum atomic E-state index is -4.46. The maximum atomic E-state index is 12.8. The fourth-order valence-electron chi connectivity index (χ4n) is 2.05. The van der Waals surface area contributed by atoms with Crippen molar-refractivity contribution >= 4 is 0 Å². The Morgan fingerprint density at radius 3 is 2.18 bits per heavy atom. The summed E-state index contributed by atoms with van der Waals surface area (Å²) >= 11 is 0. The highest BCUT2D eigenvalue weighted by atomic mass is 19.4. The highest BCUT2D eigenvalue weighted by Gasteiger charge is 2.33. The summed E-state index contributed by atoms with van der Waals surface area (Å²) in [6, 6.07) is 12.4. The molecule has 22 heavy (non-hydrogen) atoms. The van der Waals surface area contributed by atoms with E-state index >= 15 is 0 Å². The first-order chi connectivity index (χ1) is 10.2. The average molecular weight is 310 g/mol. The van der Waals surface area contributed by atoms with Crippen LogP contribution in [-0.4, -0.2) is 5.11 Å². The summed E-state index contributed by atoms with van der Waals surface area (Å²) < 4.78 is 44.0. The fourth-order valence-corrected chi connectivity index (χ4v) is 2.05. The van der Waals surface area contributed by atoms with Gasteiger partial charge in [-0.3, -0.25) is 0 Å². The minimum absolute atomic E-state index is 0.109. The SMILES string of the molecule is CC(C)(O)c1cc(C(F)(F)F)ccc1OCc1ccccc1. The van der Waals surface area contributed by atoms with Crippen molar-refractivity contribution in [3.05, 3.63) is 65.2 Å².